The fraction of sp³-hybridized carbons (Fsp3) is 0.316. The Morgan fingerprint density at radius 2 is 1.72 bits per heavy atom. The largest absolute Gasteiger partial charge is 0.508 e. The molecule has 0 aromatic heterocycles. The van der Waals surface area contributed by atoms with E-state index in [2.05, 4.69) is 11.9 Å². The van der Waals surface area contributed by atoms with Crippen LogP contribution in [0.3, 0.4) is 0 Å². The van der Waals surface area contributed by atoms with E-state index in [4.69, 9.17) is 4.74 Å². The molecule has 0 unspecified atom stereocenters. The molecule has 0 aliphatic carbocycles. The highest BCUT2D eigenvalue weighted by atomic mass is 16.5. The van der Waals surface area contributed by atoms with Gasteiger partial charge in [0.2, 0.25) is 0 Å². The molecule has 2 N–H and O–H groups in total. The Hall–Kier alpha value is -2.89. The third-order valence-electron chi connectivity index (χ3n) is 3.99. The molecule has 2 aromatic carbocycles. The Bertz CT molecular complexity index is 748. The van der Waals surface area contributed by atoms with Crippen LogP contribution in [0, 0.1) is 0 Å². The second kappa shape index (κ2) is 7.79. The third kappa shape index (κ3) is 4.15. The van der Waals surface area contributed by atoms with Crippen molar-refractivity contribution in [3.8, 4) is 11.5 Å². The van der Waals surface area contributed by atoms with Crippen molar-refractivity contribution in [2.45, 2.75) is 19.8 Å². The summed E-state index contributed by atoms with van der Waals surface area (Å²) in [5.41, 5.74) is 1.68. The van der Waals surface area contributed by atoms with Crippen LogP contribution in [0.4, 0.5) is 11.4 Å². The Morgan fingerprint density at radius 3 is 2.40 bits per heavy atom. The zero-order valence-corrected chi connectivity index (χ0v) is 14.3. The molecule has 6 nitrogen and oxygen atoms in total. The summed E-state index contributed by atoms with van der Waals surface area (Å²) in [5, 5.41) is 19.5. The van der Waals surface area contributed by atoms with Gasteiger partial charge in [0.15, 0.2) is 0 Å². The standard InChI is InChI=1S/C19H23N3O3/c1-2-3-10-25-19-20-13-21(15-6-4-8-17(23)11-15)14-22(19)16-7-5-9-18(24)12-16/h4-9,11-12,23-24H,2-3,10,13-14H2,1H3. The minimum atomic E-state index is 0.194. The van der Waals surface area contributed by atoms with Crippen LogP contribution >= 0.6 is 0 Å². The first-order valence-corrected chi connectivity index (χ1v) is 8.45. The van der Waals surface area contributed by atoms with Gasteiger partial charge >= 0.3 is 0 Å². The minimum absolute atomic E-state index is 0.194. The molecule has 0 bridgehead atoms. The van der Waals surface area contributed by atoms with E-state index < -0.39 is 0 Å². The number of amidine groups is 1. The number of phenols is 2. The van der Waals surface area contributed by atoms with E-state index in [0.29, 0.717) is 26.0 Å². The molecule has 1 heterocycles. The minimum Gasteiger partial charge on any atom is -0.508 e. The molecular weight excluding hydrogens is 318 g/mol. The molecule has 0 fully saturated rings. The second-order valence-electron chi connectivity index (χ2n) is 5.93. The van der Waals surface area contributed by atoms with E-state index in [1.54, 1.807) is 36.4 Å². The average Bonchev–Trinajstić information content (AvgIpc) is 2.62. The van der Waals surface area contributed by atoms with Gasteiger partial charge in [-0.2, -0.15) is 0 Å². The van der Waals surface area contributed by atoms with Gasteiger partial charge in [0, 0.05) is 17.8 Å². The van der Waals surface area contributed by atoms with E-state index in [1.165, 1.54) is 0 Å². The molecule has 0 atom stereocenters. The summed E-state index contributed by atoms with van der Waals surface area (Å²) in [5.74, 6) is 0.412. The van der Waals surface area contributed by atoms with Crippen LogP contribution < -0.4 is 9.80 Å². The van der Waals surface area contributed by atoms with Crippen LogP contribution in [0.5, 0.6) is 11.5 Å². The number of rotatable bonds is 5. The van der Waals surface area contributed by atoms with Gasteiger partial charge in [-0.05, 0) is 30.7 Å². The molecule has 0 amide bonds. The quantitative estimate of drug-likeness (QED) is 0.815. The van der Waals surface area contributed by atoms with E-state index in [1.807, 2.05) is 21.9 Å². The van der Waals surface area contributed by atoms with Crippen LogP contribution in [0.2, 0.25) is 0 Å². The van der Waals surface area contributed by atoms with Crippen LogP contribution in [0.1, 0.15) is 19.8 Å². The van der Waals surface area contributed by atoms with Crippen molar-refractivity contribution in [3.63, 3.8) is 0 Å². The molecule has 1 aliphatic rings. The van der Waals surface area contributed by atoms with E-state index in [9.17, 15) is 10.2 Å². The predicted molar refractivity (Wildman–Crippen MR) is 99.2 cm³/mol. The maximum atomic E-state index is 9.81. The molecule has 25 heavy (non-hydrogen) atoms. The number of nitrogens with zero attached hydrogens (tertiary/aromatic N) is 3. The van der Waals surface area contributed by atoms with E-state index >= 15 is 0 Å². The lowest BCUT2D eigenvalue weighted by Crippen LogP contribution is -2.47. The van der Waals surface area contributed by atoms with E-state index in [-0.39, 0.29) is 11.5 Å². The summed E-state index contributed by atoms with van der Waals surface area (Å²) in [6.45, 7) is 3.68. The van der Waals surface area contributed by atoms with Crippen molar-refractivity contribution in [1.82, 2.24) is 0 Å². The normalized spacial score (nSPS) is 14.4. The van der Waals surface area contributed by atoms with Gasteiger partial charge in [0.1, 0.15) is 24.8 Å². The number of anilines is 2. The van der Waals surface area contributed by atoms with Crippen molar-refractivity contribution in [2.75, 3.05) is 29.7 Å². The summed E-state index contributed by atoms with van der Waals surface area (Å²) in [6, 6.07) is 14.7. The fourth-order valence-electron chi connectivity index (χ4n) is 2.64. The number of ether oxygens (including phenoxy) is 1. The number of phenolic OH excluding ortho intramolecular Hbond substituents is 2. The molecule has 6 heteroatoms. The summed E-state index contributed by atoms with van der Waals surface area (Å²) >= 11 is 0. The lowest BCUT2D eigenvalue weighted by molar-refractivity contribution is 0.284. The average molecular weight is 341 g/mol. The molecule has 3 rings (SSSR count). The van der Waals surface area contributed by atoms with Gasteiger partial charge in [0.05, 0.1) is 12.3 Å². The highest BCUT2D eigenvalue weighted by molar-refractivity contribution is 5.93. The first-order chi connectivity index (χ1) is 12.2. The van der Waals surface area contributed by atoms with E-state index in [0.717, 1.165) is 24.2 Å². The van der Waals surface area contributed by atoms with Crippen molar-refractivity contribution in [2.24, 2.45) is 4.99 Å². The second-order valence-corrected chi connectivity index (χ2v) is 5.93. The SMILES string of the molecule is CCCCOC1=NCN(c2cccc(O)c2)CN1c1cccc(O)c1. The maximum absolute atomic E-state index is 9.81. The first kappa shape index (κ1) is 17.0. The molecule has 0 saturated heterocycles. The van der Waals surface area contributed by atoms with Gasteiger partial charge in [0.25, 0.3) is 6.02 Å². The summed E-state index contributed by atoms with van der Waals surface area (Å²) in [4.78, 5) is 8.50. The Kier molecular flexibility index (Phi) is 5.28. The zero-order chi connectivity index (χ0) is 17.6. The Morgan fingerprint density at radius 1 is 1.04 bits per heavy atom. The van der Waals surface area contributed by atoms with Gasteiger partial charge in [-0.15, -0.1) is 0 Å². The third-order valence-corrected chi connectivity index (χ3v) is 3.99. The maximum Gasteiger partial charge on any atom is 0.295 e. The number of hydrogen-bond donors (Lipinski definition) is 2. The molecule has 0 spiro atoms. The summed E-state index contributed by atoms with van der Waals surface area (Å²) in [6.07, 6.45) is 2.01. The number of aliphatic imine (C=N–C) groups is 1. The highest BCUT2D eigenvalue weighted by Crippen LogP contribution is 2.27. The summed E-state index contributed by atoms with van der Waals surface area (Å²) < 4.78 is 5.86. The number of aromatic hydroxyl groups is 2. The number of benzene rings is 2. The van der Waals surface area contributed by atoms with Gasteiger partial charge in [-0.25, -0.2) is 4.99 Å². The number of unbranched alkanes of at least 4 members (excludes halogenated alkanes) is 1. The topological polar surface area (TPSA) is 68.5 Å². The van der Waals surface area contributed by atoms with Crippen molar-refractivity contribution < 1.29 is 14.9 Å². The van der Waals surface area contributed by atoms with Crippen molar-refractivity contribution >= 4 is 17.4 Å². The van der Waals surface area contributed by atoms with Crippen LogP contribution in [0.15, 0.2) is 53.5 Å². The first-order valence-electron chi connectivity index (χ1n) is 8.45. The number of hydrogen-bond acceptors (Lipinski definition) is 6. The molecule has 0 radical (unpaired) electrons. The lowest BCUT2D eigenvalue weighted by Gasteiger charge is -2.36. The predicted octanol–water partition coefficient (Wildman–Crippen LogP) is 3.51. The van der Waals surface area contributed by atoms with Crippen LogP contribution in [0.25, 0.3) is 0 Å². The zero-order valence-electron chi connectivity index (χ0n) is 14.3. The van der Waals surface area contributed by atoms with Crippen LogP contribution in [-0.2, 0) is 4.74 Å². The smallest absolute Gasteiger partial charge is 0.295 e. The molecule has 0 saturated carbocycles. The van der Waals surface area contributed by atoms with Crippen LogP contribution in [-0.4, -0.2) is 36.2 Å². The van der Waals surface area contributed by atoms with Gasteiger partial charge < -0.3 is 19.8 Å². The monoisotopic (exact) mass is 341 g/mol. The lowest BCUT2D eigenvalue weighted by atomic mass is 10.2. The molecular formula is C19H23N3O3. The molecule has 2 aromatic rings. The Balaban J connectivity index is 1.86. The van der Waals surface area contributed by atoms with Gasteiger partial charge in [-0.1, -0.05) is 25.5 Å². The van der Waals surface area contributed by atoms with Gasteiger partial charge in [-0.3, -0.25) is 4.90 Å². The van der Waals surface area contributed by atoms with Crippen molar-refractivity contribution in [1.29, 1.82) is 0 Å². The van der Waals surface area contributed by atoms with Crippen molar-refractivity contribution in [3.05, 3.63) is 48.5 Å². The summed E-state index contributed by atoms with van der Waals surface area (Å²) in [7, 11) is 0. The highest BCUT2D eigenvalue weighted by Gasteiger charge is 2.24. The molecule has 1 aliphatic heterocycles. The Labute approximate surface area is 147 Å². The molecule has 132 valence electrons. The fourth-order valence-corrected chi connectivity index (χ4v) is 2.64.